The number of benzene rings is 1. The van der Waals surface area contributed by atoms with Gasteiger partial charge in [-0.25, -0.2) is 4.98 Å². The third kappa shape index (κ3) is 2.80. The highest BCUT2D eigenvalue weighted by atomic mass is 16.2. The molecule has 2 amide bonds. The lowest BCUT2D eigenvalue weighted by Crippen LogP contribution is -2.34. The molecule has 130 valence electrons. The van der Waals surface area contributed by atoms with E-state index in [1.165, 1.54) is 18.6 Å². The summed E-state index contributed by atoms with van der Waals surface area (Å²) in [7, 11) is 0. The summed E-state index contributed by atoms with van der Waals surface area (Å²) in [6.07, 6.45) is 5.73. The number of anilines is 1. The van der Waals surface area contributed by atoms with E-state index in [2.05, 4.69) is 16.0 Å². The summed E-state index contributed by atoms with van der Waals surface area (Å²) >= 11 is 0. The Balaban J connectivity index is 1.49. The molecule has 2 aromatic rings. The molecule has 1 atom stereocenters. The van der Waals surface area contributed by atoms with Gasteiger partial charge in [0.05, 0.1) is 17.8 Å². The van der Waals surface area contributed by atoms with E-state index < -0.39 is 0 Å². The molecular weight excluding hydrogens is 330 g/mol. The van der Waals surface area contributed by atoms with Gasteiger partial charge in [0.15, 0.2) is 0 Å². The molecule has 0 bridgehead atoms. The van der Waals surface area contributed by atoms with Gasteiger partial charge in [0.25, 0.3) is 5.91 Å². The average Bonchev–Trinajstić information content (AvgIpc) is 3.25. The van der Waals surface area contributed by atoms with Crippen LogP contribution in [0.1, 0.15) is 28.9 Å². The lowest BCUT2D eigenvalue weighted by molar-refractivity contribution is -0.117. The van der Waals surface area contributed by atoms with Crippen LogP contribution in [-0.2, 0) is 4.79 Å². The van der Waals surface area contributed by atoms with Crippen LogP contribution in [0.15, 0.2) is 42.9 Å². The zero-order valence-corrected chi connectivity index (χ0v) is 14.1. The molecule has 26 heavy (non-hydrogen) atoms. The molecule has 0 N–H and O–H groups in total. The number of rotatable bonds is 2. The molecular formula is C19H17N5O2. The number of aromatic nitrogens is 2. The predicted molar refractivity (Wildman–Crippen MR) is 93.1 cm³/mol. The highest BCUT2D eigenvalue weighted by Gasteiger charge is 2.49. The average molecular weight is 347 g/mol. The molecule has 1 aromatic heterocycles. The topological polar surface area (TPSA) is 90.2 Å². The van der Waals surface area contributed by atoms with Gasteiger partial charge in [-0.2, -0.15) is 5.26 Å². The molecule has 1 spiro atoms. The Morgan fingerprint density at radius 2 is 2.00 bits per heavy atom. The van der Waals surface area contributed by atoms with Crippen molar-refractivity contribution in [2.45, 2.75) is 12.8 Å². The van der Waals surface area contributed by atoms with Crippen molar-refractivity contribution in [3.8, 4) is 6.07 Å². The Bertz CT molecular complexity index is 890. The maximum absolute atomic E-state index is 12.6. The van der Waals surface area contributed by atoms with Crippen LogP contribution in [0.4, 0.5) is 5.69 Å². The van der Waals surface area contributed by atoms with Crippen molar-refractivity contribution in [3.05, 3.63) is 54.1 Å². The van der Waals surface area contributed by atoms with Crippen LogP contribution in [0.3, 0.4) is 0 Å². The van der Waals surface area contributed by atoms with Gasteiger partial charge < -0.3 is 9.80 Å². The Hall–Kier alpha value is -3.27. The van der Waals surface area contributed by atoms with E-state index in [0.29, 0.717) is 37.3 Å². The standard InChI is InChI=1S/C19H17N5O2/c20-10-14-1-3-15(4-2-14)24-13-19(9-17(24)25)5-8-23(12-19)18(26)16-11-21-6-7-22-16/h1-4,6-7,11H,5,8-9,12-13H2/t19-/m1/s1. The van der Waals surface area contributed by atoms with Crippen molar-refractivity contribution in [2.75, 3.05) is 24.5 Å². The molecule has 7 heteroatoms. The van der Waals surface area contributed by atoms with Crippen molar-refractivity contribution in [1.29, 1.82) is 5.26 Å². The van der Waals surface area contributed by atoms with Gasteiger partial charge in [-0.3, -0.25) is 14.6 Å². The van der Waals surface area contributed by atoms with Crippen LogP contribution in [0.25, 0.3) is 0 Å². The SMILES string of the molecule is N#Cc1ccc(N2C[C@]3(CCN(C(=O)c4cnccn4)C3)CC2=O)cc1. The zero-order chi connectivity index (χ0) is 18.1. The Labute approximate surface area is 150 Å². The number of amides is 2. The minimum absolute atomic E-state index is 0.0588. The van der Waals surface area contributed by atoms with E-state index in [9.17, 15) is 9.59 Å². The number of carbonyl (C=O) groups is 2. The van der Waals surface area contributed by atoms with Gasteiger partial charge in [0.2, 0.25) is 5.91 Å². The smallest absolute Gasteiger partial charge is 0.274 e. The fourth-order valence-corrected chi connectivity index (χ4v) is 3.80. The minimum atomic E-state index is -0.219. The summed E-state index contributed by atoms with van der Waals surface area (Å²) in [6.45, 7) is 1.74. The summed E-state index contributed by atoms with van der Waals surface area (Å²) in [5.74, 6) is -0.0808. The highest BCUT2D eigenvalue weighted by molar-refractivity contribution is 5.97. The summed E-state index contributed by atoms with van der Waals surface area (Å²) in [4.78, 5) is 36.7. The fourth-order valence-electron chi connectivity index (χ4n) is 3.80. The molecule has 0 saturated carbocycles. The molecule has 1 aromatic carbocycles. The Morgan fingerprint density at radius 3 is 2.69 bits per heavy atom. The molecule has 7 nitrogen and oxygen atoms in total. The lowest BCUT2D eigenvalue weighted by Gasteiger charge is -2.24. The van der Waals surface area contributed by atoms with E-state index in [-0.39, 0.29) is 17.2 Å². The number of hydrogen-bond donors (Lipinski definition) is 0. The van der Waals surface area contributed by atoms with Crippen molar-refractivity contribution < 1.29 is 9.59 Å². The van der Waals surface area contributed by atoms with Gasteiger partial charge in [0, 0.05) is 49.6 Å². The first kappa shape index (κ1) is 16.2. The van der Waals surface area contributed by atoms with Gasteiger partial charge in [-0.15, -0.1) is 0 Å². The van der Waals surface area contributed by atoms with E-state index in [4.69, 9.17) is 5.26 Å². The van der Waals surface area contributed by atoms with Gasteiger partial charge in [-0.1, -0.05) is 0 Å². The lowest BCUT2D eigenvalue weighted by atomic mass is 9.86. The molecule has 2 aliphatic rings. The van der Waals surface area contributed by atoms with Crippen molar-refractivity contribution >= 4 is 17.5 Å². The normalized spacial score (nSPS) is 22.0. The van der Waals surface area contributed by atoms with Gasteiger partial charge in [0.1, 0.15) is 5.69 Å². The second-order valence-corrected chi connectivity index (χ2v) is 6.88. The van der Waals surface area contributed by atoms with E-state index in [1.807, 2.05) is 0 Å². The zero-order valence-electron chi connectivity index (χ0n) is 14.1. The maximum Gasteiger partial charge on any atom is 0.274 e. The first-order valence-electron chi connectivity index (χ1n) is 8.46. The quantitative estimate of drug-likeness (QED) is 0.823. The van der Waals surface area contributed by atoms with E-state index in [0.717, 1.165) is 12.1 Å². The fraction of sp³-hybridized carbons (Fsp3) is 0.316. The van der Waals surface area contributed by atoms with Crippen LogP contribution in [0, 0.1) is 16.7 Å². The van der Waals surface area contributed by atoms with Crippen LogP contribution < -0.4 is 4.90 Å². The number of carbonyl (C=O) groups excluding carboxylic acids is 2. The number of nitrogens with zero attached hydrogens (tertiary/aromatic N) is 5. The van der Waals surface area contributed by atoms with Crippen LogP contribution in [0.2, 0.25) is 0 Å². The molecule has 0 radical (unpaired) electrons. The molecule has 3 heterocycles. The Kier molecular flexibility index (Phi) is 3.88. The van der Waals surface area contributed by atoms with E-state index in [1.54, 1.807) is 34.1 Å². The summed E-state index contributed by atoms with van der Waals surface area (Å²) in [5.41, 5.74) is 1.47. The molecule has 0 unspecified atom stereocenters. The largest absolute Gasteiger partial charge is 0.337 e. The molecule has 0 aliphatic carbocycles. The molecule has 2 saturated heterocycles. The number of likely N-dealkylation sites (tertiary alicyclic amines) is 1. The first-order chi connectivity index (χ1) is 12.6. The molecule has 2 aliphatic heterocycles. The minimum Gasteiger partial charge on any atom is -0.337 e. The van der Waals surface area contributed by atoms with Crippen molar-refractivity contribution in [3.63, 3.8) is 0 Å². The summed E-state index contributed by atoms with van der Waals surface area (Å²) in [5, 5.41) is 8.91. The van der Waals surface area contributed by atoms with Crippen LogP contribution >= 0.6 is 0 Å². The first-order valence-corrected chi connectivity index (χ1v) is 8.46. The third-order valence-corrected chi connectivity index (χ3v) is 5.14. The van der Waals surface area contributed by atoms with Crippen LogP contribution in [0.5, 0.6) is 0 Å². The van der Waals surface area contributed by atoms with Crippen molar-refractivity contribution in [2.24, 2.45) is 5.41 Å². The molecule has 4 rings (SSSR count). The van der Waals surface area contributed by atoms with Gasteiger partial charge >= 0.3 is 0 Å². The maximum atomic E-state index is 12.6. The number of hydrogen-bond acceptors (Lipinski definition) is 5. The van der Waals surface area contributed by atoms with Crippen molar-refractivity contribution in [1.82, 2.24) is 14.9 Å². The predicted octanol–water partition coefficient (Wildman–Crippen LogP) is 1.62. The second-order valence-electron chi connectivity index (χ2n) is 6.88. The summed E-state index contributed by atoms with van der Waals surface area (Å²) in [6, 6.07) is 9.11. The Morgan fingerprint density at radius 1 is 1.19 bits per heavy atom. The second kappa shape index (κ2) is 6.23. The van der Waals surface area contributed by atoms with Crippen LogP contribution in [-0.4, -0.2) is 46.3 Å². The molecule has 2 fully saturated rings. The van der Waals surface area contributed by atoms with E-state index >= 15 is 0 Å². The summed E-state index contributed by atoms with van der Waals surface area (Å²) < 4.78 is 0. The monoisotopic (exact) mass is 347 g/mol. The number of nitriles is 1. The van der Waals surface area contributed by atoms with Gasteiger partial charge in [-0.05, 0) is 30.7 Å². The third-order valence-electron chi connectivity index (χ3n) is 5.14. The highest BCUT2D eigenvalue weighted by Crippen LogP contribution is 2.42.